The zero-order valence-corrected chi connectivity index (χ0v) is 13.6. The van der Waals surface area contributed by atoms with Crippen LogP contribution in [0.2, 0.25) is 5.02 Å². The standard InChI is InChI=1S/C17H23ClN2O2/c1-11-10-22-16(14-4-2-3-5-15(14)18)9-20(11)17(21)12-6-7-13(19)8-12/h2-5,11-13,16H,6-10,19H2,1H3. The van der Waals surface area contributed by atoms with Gasteiger partial charge in [0.1, 0.15) is 6.10 Å². The van der Waals surface area contributed by atoms with Gasteiger partial charge in [-0.2, -0.15) is 0 Å². The second-order valence-electron chi connectivity index (χ2n) is 6.45. The van der Waals surface area contributed by atoms with Crippen molar-refractivity contribution in [1.82, 2.24) is 4.90 Å². The van der Waals surface area contributed by atoms with Gasteiger partial charge in [0, 0.05) is 22.5 Å². The molecule has 2 aliphatic rings. The van der Waals surface area contributed by atoms with Crippen molar-refractivity contribution in [1.29, 1.82) is 0 Å². The summed E-state index contributed by atoms with van der Waals surface area (Å²) in [6, 6.07) is 7.95. The Morgan fingerprint density at radius 2 is 2.14 bits per heavy atom. The molecule has 4 nitrogen and oxygen atoms in total. The van der Waals surface area contributed by atoms with Gasteiger partial charge in [0.25, 0.3) is 0 Å². The van der Waals surface area contributed by atoms with Crippen LogP contribution in [0.15, 0.2) is 24.3 Å². The van der Waals surface area contributed by atoms with Crippen molar-refractivity contribution in [2.24, 2.45) is 11.7 Å². The third-order valence-electron chi connectivity index (χ3n) is 4.79. The number of carbonyl (C=O) groups is 1. The molecule has 1 aliphatic heterocycles. The van der Waals surface area contributed by atoms with E-state index in [2.05, 4.69) is 0 Å². The molecule has 1 saturated heterocycles. The normalized spacial score (nSPS) is 32.2. The van der Waals surface area contributed by atoms with Gasteiger partial charge in [-0.05, 0) is 32.3 Å². The molecule has 1 heterocycles. The maximum absolute atomic E-state index is 12.8. The van der Waals surface area contributed by atoms with E-state index in [1.54, 1.807) is 0 Å². The maximum Gasteiger partial charge on any atom is 0.226 e. The summed E-state index contributed by atoms with van der Waals surface area (Å²) in [4.78, 5) is 14.8. The van der Waals surface area contributed by atoms with E-state index in [-0.39, 0.29) is 30.0 Å². The molecule has 3 rings (SSSR count). The van der Waals surface area contributed by atoms with Crippen molar-refractivity contribution < 1.29 is 9.53 Å². The topological polar surface area (TPSA) is 55.6 Å². The van der Waals surface area contributed by atoms with Gasteiger partial charge in [-0.3, -0.25) is 4.79 Å². The van der Waals surface area contributed by atoms with Crippen molar-refractivity contribution in [3.05, 3.63) is 34.9 Å². The average molecular weight is 323 g/mol. The van der Waals surface area contributed by atoms with E-state index in [1.807, 2.05) is 36.1 Å². The zero-order chi connectivity index (χ0) is 15.7. The molecule has 4 unspecified atom stereocenters. The van der Waals surface area contributed by atoms with Gasteiger partial charge < -0.3 is 15.4 Å². The first kappa shape index (κ1) is 15.8. The number of carbonyl (C=O) groups excluding carboxylic acids is 1. The van der Waals surface area contributed by atoms with Crippen LogP contribution in [-0.4, -0.2) is 36.0 Å². The number of ether oxygens (including phenoxy) is 1. The molecule has 1 saturated carbocycles. The first-order valence-electron chi connectivity index (χ1n) is 7.98. The van der Waals surface area contributed by atoms with E-state index in [9.17, 15) is 4.79 Å². The van der Waals surface area contributed by atoms with Crippen LogP contribution < -0.4 is 5.73 Å². The average Bonchev–Trinajstić information content (AvgIpc) is 2.94. The highest BCUT2D eigenvalue weighted by atomic mass is 35.5. The summed E-state index contributed by atoms with van der Waals surface area (Å²) in [5, 5.41) is 0.692. The fourth-order valence-corrected chi connectivity index (χ4v) is 3.72. The van der Waals surface area contributed by atoms with Gasteiger partial charge in [-0.1, -0.05) is 29.8 Å². The second kappa shape index (κ2) is 6.57. The Labute approximate surface area is 136 Å². The monoisotopic (exact) mass is 322 g/mol. The number of nitrogens with two attached hydrogens (primary N) is 1. The summed E-state index contributed by atoms with van der Waals surface area (Å²) in [6.45, 7) is 3.14. The number of nitrogens with zero attached hydrogens (tertiary/aromatic N) is 1. The number of benzene rings is 1. The first-order valence-corrected chi connectivity index (χ1v) is 8.36. The van der Waals surface area contributed by atoms with E-state index in [1.165, 1.54) is 0 Å². The van der Waals surface area contributed by atoms with Crippen molar-refractivity contribution in [2.45, 2.75) is 44.4 Å². The van der Waals surface area contributed by atoms with Crippen LogP contribution in [0.5, 0.6) is 0 Å². The Kier molecular flexibility index (Phi) is 4.71. The number of morpholine rings is 1. The molecule has 1 amide bonds. The Balaban J connectivity index is 1.74. The number of amides is 1. The molecular weight excluding hydrogens is 300 g/mol. The van der Waals surface area contributed by atoms with Gasteiger partial charge in [-0.15, -0.1) is 0 Å². The van der Waals surface area contributed by atoms with Gasteiger partial charge in [0.15, 0.2) is 0 Å². The molecule has 0 bridgehead atoms. The molecular formula is C17H23ClN2O2. The molecule has 5 heteroatoms. The van der Waals surface area contributed by atoms with E-state index in [4.69, 9.17) is 22.1 Å². The van der Waals surface area contributed by atoms with E-state index >= 15 is 0 Å². The lowest BCUT2D eigenvalue weighted by atomic mass is 10.0. The van der Waals surface area contributed by atoms with E-state index < -0.39 is 0 Å². The Morgan fingerprint density at radius 3 is 2.82 bits per heavy atom. The van der Waals surface area contributed by atoms with Crippen LogP contribution >= 0.6 is 11.6 Å². The number of rotatable bonds is 2. The summed E-state index contributed by atoms with van der Waals surface area (Å²) >= 11 is 6.27. The van der Waals surface area contributed by atoms with Crippen LogP contribution in [-0.2, 0) is 9.53 Å². The maximum atomic E-state index is 12.8. The third-order valence-corrected chi connectivity index (χ3v) is 5.14. The predicted molar refractivity (Wildman–Crippen MR) is 86.6 cm³/mol. The molecule has 2 fully saturated rings. The number of hydrogen-bond donors (Lipinski definition) is 1. The van der Waals surface area contributed by atoms with Crippen molar-refractivity contribution in [2.75, 3.05) is 13.2 Å². The highest BCUT2D eigenvalue weighted by Gasteiger charge is 2.37. The predicted octanol–water partition coefficient (Wildman–Crippen LogP) is 2.76. The molecule has 2 N–H and O–H groups in total. The SMILES string of the molecule is CC1COC(c2ccccc2Cl)CN1C(=O)C1CCC(N)C1. The Hall–Kier alpha value is -1.10. The van der Waals surface area contributed by atoms with Crippen LogP contribution in [0.4, 0.5) is 0 Å². The number of halogens is 1. The van der Waals surface area contributed by atoms with Crippen molar-refractivity contribution in [3.8, 4) is 0 Å². The zero-order valence-electron chi connectivity index (χ0n) is 12.9. The molecule has 1 aliphatic carbocycles. The highest BCUT2D eigenvalue weighted by Crippen LogP contribution is 2.33. The lowest BCUT2D eigenvalue weighted by Crippen LogP contribution is -2.50. The first-order chi connectivity index (χ1) is 10.6. The summed E-state index contributed by atoms with van der Waals surface area (Å²) in [5.74, 6) is 0.295. The van der Waals surface area contributed by atoms with Gasteiger partial charge in [-0.25, -0.2) is 0 Å². The minimum absolute atomic E-state index is 0.0717. The fourth-order valence-electron chi connectivity index (χ4n) is 3.46. The molecule has 22 heavy (non-hydrogen) atoms. The molecule has 0 spiro atoms. The van der Waals surface area contributed by atoms with Crippen LogP contribution in [0.25, 0.3) is 0 Å². The van der Waals surface area contributed by atoms with Gasteiger partial charge in [0.2, 0.25) is 5.91 Å². The quantitative estimate of drug-likeness (QED) is 0.911. The van der Waals surface area contributed by atoms with Gasteiger partial charge >= 0.3 is 0 Å². The molecule has 0 aromatic heterocycles. The van der Waals surface area contributed by atoms with Crippen LogP contribution in [0.3, 0.4) is 0 Å². The fraction of sp³-hybridized carbons (Fsp3) is 0.588. The Bertz CT molecular complexity index is 551. The molecule has 0 radical (unpaired) electrons. The number of hydrogen-bond acceptors (Lipinski definition) is 3. The molecule has 1 aromatic carbocycles. The molecule has 4 atom stereocenters. The smallest absolute Gasteiger partial charge is 0.226 e. The van der Waals surface area contributed by atoms with Crippen LogP contribution in [0.1, 0.15) is 37.9 Å². The minimum atomic E-state index is -0.149. The largest absolute Gasteiger partial charge is 0.369 e. The summed E-state index contributed by atoms with van der Waals surface area (Å²) in [5.41, 5.74) is 6.91. The van der Waals surface area contributed by atoms with Gasteiger partial charge in [0.05, 0.1) is 19.2 Å². The second-order valence-corrected chi connectivity index (χ2v) is 6.86. The summed E-state index contributed by atoms with van der Waals surface area (Å²) in [7, 11) is 0. The summed E-state index contributed by atoms with van der Waals surface area (Å²) < 4.78 is 5.92. The third kappa shape index (κ3) is 3.14. The minimum Gasteiger partial charge on any atom is -0.369 e. The Morgan fingerprint density at radius 1 is 1.36 bits per heavy atom. The lowest BCUT2D eigenvalue weighted by Gasteiger charge is -2.39. The van der Waals surface area contributed by atoms with E-state index in [0.29, 0.717) is 18.2 Å². The molecule has 1 aromatic rings. The highest BCUT2D eigenvalue weighted by molar-refractivity contribution is 6.31. The summed E-state index contributed by atoms with van der Waals surface area (Å²) in [6.07, 6.45) is 2.51. The van der Waals surface area contributed by atoms with Crippen molar-refractivity contribution in [3.63, 3.8) is 0 Å². The van der Waals surface area contributed by atoms with Crippen LogP contribution in [0, 0.1) is 5.92 Å². The van der Waals surface area contributed by atoms with Crippen molar-refractivity contribution >= 4 is 17.5 Å². The molecule has 120 valence electrons. The van der Waals surface area contributed by atoms with E-state index in [0.717, 1.165) is 24.8 Å². The lowest BCUT2D eigenvalue weighted by molar-refractivity contribution is -0.148.